The van der Waals surface area contributed by atoms with E-state index < -0.39 is 17.7 Å². The van der Waals surface area contributed by atoms with Crippen molar-refractivity contribution in [2.75, 3.05) is 19.6 Å². The molecule has 0 aromatic heterocycles. The van der Waals surface area contributed by atoms with Gasteiger partial charge in [0.2, 0.25) is 11.8 Å². The Morgan fingerprint density at radius 1 is 0.972 bits per heavy atom. The highest BCUT2D eigenvalue weighted by Crippen LogP contribution is 2.27. The van der Waals surface area contributed by atoms with Crippen LogP contribution < -0.4 is 10.6 Å². The topological polar surface area (TPSA) is 108 Å². The van der Waals surface area contributed by atoms with E-state index >= 15 is 0 Å². The van der Waals surface area contributed by atoms with Crippen molar-refractivity contribution in [3.8, 4) is 5.75 Å². The van der Waals surface area contributed by atoms with E-state index in [1.54, 1.807) is 50.8 Å². The maximum Gasteiger partial charge on any atom is 0.408 e. The van der Waals surface area contributed by atoms with Crippen LogP contribution in [0.5, 0.6) is 5.75 Å². The number of alkyl carbamates (subject to hydrolysis) is 1. The third-order valence-electron chi connectivity index (χ3n) is 5.78. The molecule has 0 aliphatic rings. The lowest BCUT2D eigenvalue weighted by Gasteiger charge is -2.32. The highest BCUT2D eigenvalue weighted by Gasteiger charge is 2.31. The maximum absolute atomic E-state index is 13.4. The van der Waals surface area contributed by atoms with Crippen LogP contribution in [0, 0.1) is 6.92 Å². The fourth-order valence-electron chi connectivity index (χ4n) is 3.85. The molecule has 0 heterocycles. The predicted molar refractivity (Wildman–Crippen MR) is 143 cm³/mol. The second-order valence-corrected chi connectivity index (χ2v) is 10.3. The highest BCUT2D eigenvalue weighted by molar-refractivity contribution is 5.90. The molecule has 0 radical (unpaired) electrons. The third kappa shape index (κ3) is 11.8. The zero-order valence-electron chi connectivity index (χ0n) is 23.1. The van der Waals surface area contributed by atoms with Crippen molar-refractivity contribution >= 4 is 17.9 Å². The zero-order chi connectivity index (χ0) is 27.1. The van der Waals surface area contributed by atoms with Gasteiger partial charge in [0, 0.05) is 13.1 Å². The molecule has 3 amide bonds. The van der Waals surface area contributed by atoms with Crippen molar-refractivity contribution in [2.24, 2.45) is 0 Å². The van der Waals surface area contributed by atoms with Gasteiger partial charge < -0.3 is 25.4 Å². The molecule has 8 heteroatoms. The SMILES string of the molecule is CCCCCCCN(C(=O)CNC(=O)OC(C)(C)C)C(C(=O)NCCCCC)c1ccc(O)c(C)c1. The summed E-state index contributed by atoms with van der Waals surface area (Å²) in [7, 11) is 0. The number of phenolic OH excluding ortho intramolecular Hbond substituents is 1. The number of hydrogen-bond acceptors (Lipinski definition) is 5. The van der Waals surface area contributed by atoms with Crippen LogP contribution in [0.25, 0.3) is 0 Å². The maximum atomic E-state index is 13.4. The van der Waals surface area contributed by atoms with E-state index in [9.17, 15) is 19.5 Å². The minimum atomic E-state index is -0.870. The number of nitrogens with zero attached hydrogens (tertiary/aromatic N) is 1. The summed E-state index contributed by atoms with van der Waals surface area (Å²) in [5.41, 5.74) is 0.562. The molecule has 8 nitrogen and oxygen atoms in total. The van der Waals surface area contributed by atoms with Gasteiger partial charge in [-0.15, -0.1) is 0 Å². The van der Waals surface area contributed by atoms with Crippen molar-refractivity contribution in [3.05, 3.63) is 29.3 Å². The third-order valence-corrected chi connectivity index (χ3v) is 5.78. The first kappa shape index (κ1) is 31.3. The Hall–Kier alpha value is -2.77. The molecular formula is C28H47N3O5. The lowest BCUT2D eigenvalue weighted by atomic mass is 10.00. The molecular weight excluding hydrogens is 458 g/mol. The van der Waals surface area contributed by atoms with Crippen molar-refractivity contribution in [3.63, 3.8) is 0 Å². The van der Waals surface area contributed by atoms with Gasteiger partial charge in [0.05, 0.1) is 0 Å². The van der Waals surface area contributed by atoms with Crippen LogP contribution in [-0.2, 0) is 14.3 Å². The average Bonchev–Trinajstić information content (AvgIpc) is 2.80. The van der Waals surface area contributed by atoms with E-state index in [0.29, 0.717) is 24.2 Å². The fraction of sp³-hybridized carbons (Fsp3) is 0.679. The lowest BCUT2D eigenvalue weighted by Crippen LogP contribution is -2.48. The van der Waals surface area contributed by atoms with Gasteiger partial charge in [0.1, 0.15) is 23.9 Å². The summed E-state index contributed by atoms with van der Waals surface area (Å²) in [4.78, 5) is 40.5. The number of amides is 3. The van der Waals surface area contributed by atoms with E-state index in [2.05, 4.69) is 24.5 Å². The summed E-state index contributed by atoms with van der Waals surface area (Å²) < 4.78 is 5.26. The zero-order valence-corrected chi connectivity index (χ0v) is 23.1. The normalized spacial score (nSPS) is 12.1. The van der Waals surface area contributed by atoms with Gasteiger partial charge in [-0.05, 0) is 63.8 Å². The van der Waals surface area contributed by atoms with Crippen LogP contribution >= 0.6 is 0 Å². The average molecular weight is 506 g/mol. The van der Waals surface area contributed by atoms with Crippen molar-refractivity contribution in [2.45, 2.75) is 105 Å². The quantitative estimate of drug-likeness (QED) is 0.278. The number of phenols is 1. The van der Waals surface area contributed by atoms with Gasteiger partial charge in [0.25, 0.3) is 0 Å². The summed E-state index contributed by atoms with van der Waals surface area (Å²) in [6, 6.07) is 4.09. The number of aryl methyl sites for hydroxylation is 1. The molecule has 1 rings (SSSR count). The molecule has 0 bridgehead atoms. The first-order chi connectivity index (χ1) is 17.0. The number of aromatic hydroxyl groups is 1. The van der Waals surface area contributed by atoms with Crippen LogP contribution in [0.2, 0.25) is 0 Å². The Labute approximate surface area is 217 Å². The summed E-state index contributed by atoms with van der Waals surface area (Å²) in [6.07, 6.45) is 7.18. The molecule has 1 aromatic carbocycles. The van der Waals surface area contributed by atoms with Gasteiger partial charge in [0.15, 0.2) is 0 Å². The Kier molecular flexibility index (Phi) is 14.0. The Bertz CT molecular complexity index is 835. The largest absolute Gasteiger partial charge is 0.508 e. The number of rotatable bonds is 15. The molecule has 0 aliphatic heterocycles. The minimum Gasteiger partial charge on any atom is -0.508 e. The molecule has 3 N–H and O–H groups in total. The summed E-state index contributed by atoms with van der Waals surface area (Å²) >= 11 is 0. The first-order valence-corrected chi connectivity index (χ1v) is 13.3. The van der Waals surface area contributed by atoms with Crippen LogP contribution in [0.4, 0.5) is 4.79 Å². The number of ether oxygens (including phenoxy) is 1. The molecule has 1 atom stereocenters. The van der Waals surface area contributed by atoms with Gasteiger partial charge in [-0.2, -0.15) is 0 Å². The standard InChI is InChI=1S/C28H47N3O5/c1-7-9-11-12-14-18-31(24(33)20-30-27(35)36-28(4,5)6)25(26(34)29-17-13-10-8-2)22-15-16-23(32)21(3)19-22/h15-16,19,25,32H,7-14,17-18,20H2,1-6H3,(H,29,34)(H,30,35). The number of nitrogens with one attached hydrogen (secondary N) is 2. The summed E-state index contributed by atoms with van der Waals surface area (Å²) in [5.74, 6) is -0.504. The predicted octanol–water partition coefficient (Wildman–Crippen LogP) is 5.37. The molecule has 0 spiro atoms. The molecule has 0 saturated carbocycles. The fourth-order valence-corrected chi connectivity index (χ4v) is 3.85. The van der Waals surface area contributed by atoms with Crippen LogP contribution in [-0.4, -0.2) is 53.1 Å². The van der Waals surface area contributed by atoms with Gasteiger partial charge in [-0.25, -0.2) is 4.79 Å². The lowest BCUT2D eigenvalue weighted by molar-refractivity contribution is -0.140. The molecule has 0 saturated heterocycles. The Morgan fingerprint density at radius 3 is 2.22 bits per heavy atom. The number of carbonyl (C=O) groups excluding carboxylic acids is 3. The van der Waals surface area contributed by atoms with Gasteiger partial charge in [-0.3, -0.25) is 9.59 Å². The second-order valence-electron chi connectivity index (χ2n) is 10.3. The van der Waals surface area contributed by atoms with Crippen molar-refractivity contribution in [1.29, 1.82) is 0 Å². The van der Waals surface area contributed by atoms with Crippen LogP contribution in [0.1, 0.15) is 103 Å². The van der Waals surface area contributed by atoms with E-state index in [1.165, 1.54) is 0 Å². The molecule has 0 aliphatic carbocycles. The monoisotopic (exact) mass is 505 g/mol. The Balaban J connectivity index is 3.18. The number of benzene rings is 1. The number of unbranched alkanes of at least 4 members (excludes halogenated alkanes) is 6. The summed E-state index contributed by atoms with van der Waals surface area (Å²) in [5, 5.41) is 15.5. The van der Waals surface area contributed by atoms with E-state index in [-0.39, 0.29) is 24.1 Å². The van der Waals surface area contributed by atoms with E-state index in [4.69, 9.17) is 4.74 Å². The Morgan fingerprint density at radius 2 is 1.61 bits per heavy atom. The van der Waals surface area contributed by atoms with Gasteiger partial charge >= 0.3 is 6.09 Å². The first-order valence-electron chi connectivity index (χ1n) is 13.3. The molecule has 1 unspecified atom stereocenters. The minimum absolute atomic E-state index is 0.130. The number of hydrogen-bond donors (Lipinski definition) is 3. The molecule has 36 heavy (non-hydrogen) atoms. The van der Waals surface area contributed by atoms with E-state index in [0.717, 1.165) is 51.4 Å². The van der Waals surface area contributed by atoms with Crippen molar-refractivity contribution in [1.82, 2.24) is 15.5 Å². The molecule has 1 aromatic rings. The van der Waals surface area contributed by atoms with Crippen LogP contribution in [0.15, 0.2) is 18.2 Å². The van der Waals surface area contributed by atoms with Crippen molar-refractivity contribution < 1.29 is 24.2 Å². The van der Waals surface area contributed by atoms with Crippen LogP contribution in [0.3, 0.4) is 0 Å². The molecule has 204 valence electrons. The highest BCUT2D eigenvalue weighted by atomic mass is 16.6. The smallest absolute Gasteiger partial charge is 0.408 e. The van der Waals surface area contributed by atoms with E-state index in [1.807, 2.05) is 0 Å². The van der Waals surface area contributed by atoms with Gasteiger partial charge in [-0.1, -0.05) is 58.4 Å². The molecule has 0 fully saturated rings. The summed E-state index contributed by atoms with van der Waals surface area (Å²) in [6.45, 7) is 11.9. The second kappa shape index (κ2) is 16.1. The number of carbonyl (C=O) groups is 3.